The van der Waals surface area contributed by atoms with Crippen LogP contribution in [0.2, 0.25) is 0 Å². The lowest BCUT2D eigenvalue weighted by Gasteiger charge is -2.31. The van der Waals surface area contributed by atoms with Crippen molar-refractivity contribution in [2.45, 2.75) is 39.8 Å². The van der Waals surface area contributed by atoms with Gasteiger partial charge in [0.25, 0.3) is 0 Å². The van der Waals surface area contributed by atoms with E-state index in [1.807, 2.05) is 24.3 Å². The Morgan fingerprint density at radius 2 is 2.05 bits per heavy atom. The summed E-state index contributed by atoms with van der Waals surface area (Å²) in [5.74, 6) is 3.29. The van der Waals surface area contributed by atoms with Gasteiger partial charge in [0, 0.05) is 24.8 Å². The van der Waals surface area contributed by atoms with E-state index in [2.05, 4.69) is 32.0 Å². The fourth-order valence-corrected chi connectivity index (χ4v) is 2.11. The van der Waals surface area contributed by atoms with E-state index in [0.29, 0.717) is 6.54 Å². The molecule has 1 unspecified atom stereocenters. The van der Waals surface area contributed by atoms with Crippen LogP contribution in [0.25, 0.3) is 0 Å². The van der Waals surface area contributed by atoms with Crippen molar-refractivity contribution in [1.82, 2.24) is 5.32 Å². The summed E-state index contributed by atoms with van der Waals surface area (Å²) in [4.78, 5) is 0. The molecule has 3 nitrogen and oxygen atoms in total. The molecular formula is C17H25NO2. The van der Waals surface area contributed by atoms with Crippen LogP contribution in [0.4, 0.5) is 0 Å². The van der Waals surface area contributed by atoms with Gasteiger partial charge in [-0.25, -0.2) is 0 Å². The van der Waals surface area contributed by atoms with E-state index in [-0.39, 0.29) is 24.7 Å². The predicted molar refractivity (Wildman–Crippen MR) is 82.6 cm³/mol. The first-order chi connectivity index (χ1) is 9.49. The number of nitrogens with one attached hydrogen (secondary N) is 1. The quantitative estimate of drug-likeness (QED) is 0.752. The van der Waals surface area contributed by atoms with Crippen LogP contribution in [-0.2, 0) is 6.54 Å². The Morgan fingerprint density at radius 3 is 2.65 bits per heavy atom. The molecule has 0 amide bonds. The maximum Gasteiger partial charge on any atom is 0.148 e. The van der Waals surface area contributed by atoms with Gasteiger partial charge in [0.15, 0.2) is 0 Å². The van der Waals surface area contributed by atoms with Crippen molar-refractivity contribution in [2.24, 2.45) is 5.41 Å². The molecule has 1 rings (SSSR count). The maximum absolute atomic E-state index is 9.18. The molecule has 1 aromatic rings. The molecule has 0 fully saturated rings. The minimum Gasteiger partial charge on any atom is -0.481 e. The summed E-state index contributed by atoms with van der Waals surface area (Å²) < 4.78 is 5.54. The van der Waals surface area contributed by atoms with Crippen LogP contribution < -0.4 is 10.1 Å². The van der Waals surface area contributed by atoms with Crippen LogP contribution in [-0.4, -0.2) is 24.4 Å². The predicted octanol–water partition coefficient (Wildman–Crippen LogP) is 2.59. The molecule has 0 radical (unpaired) electrons. The van der Waals surface area contributed by atoms with Crippen molar-refractivity contribution < 1.29 is 9.84 Å². The second kappa shape index (κ2) is 7.94. The van der Waals surface area contributed by atoms with E-state index in [0.717, 1.165) is 17.7 Å². The number of para-hydroxylation sites is 1. The molecule has 0 aliphatic rings. The topological polar surface area (TPSA) is 41.5 Å². The number of benzene rings is 1. The number of aliphatic hydroxyl groups excluding tert-OH is 1. The molecule has 0 heterocycles. The van der Waals surface area contributed by atoms with Crippen LogP contribution in [0.1, 0.15) is 32.8 Å². The highest BCUT2D eigenvalue weighted by Crippen LogP contribution is 2.23. The monoisotopic (exact) mass is 275 g/mol. The normalized spacial score (nSPS) is 12.8. The van der Waals surface area contributed by atoms with Gasteiger partial charge in [0.1, 0.15) is 12.4 Å². The third-order valence-electron chi connectivity index (χ3n) is 3.29. The Kier molecular flexibility index (Phi) is 6.57. The Labute approximate surface area is 122 Å². The van der Waals surface area contributed by atoms with Gasteiger partial charge in [0.2, 0.25) is 0 Å². The van der Waals surface area contributed by atoms with Gasteiger partial charge in [-0.15, -0.1) is 6.42 Å². The summed E-state index contributed by atoms with van der Waals surface area (Å²) >= 11 is 0. The molecule has 0 bridgehead atoms. The van der Waals surface area contributed by atoms with Crippen LogP contribution in [0.3, 0.4) is 0 Å². The molecule has 110 valence electrons. The van der Waals surface area contributed by atoms with Gasteiger partial charge in [-0.05, 0) is 17.9 Å². The second-order valence-corrected chi connectivity index (χ2v) is 5.91. The van der Waals surface area contributed by atoms with E-state index >= 15 is 0 Å². The van der Waals surface area contributed by atoms with Crippen LogP contribution >= 0.6 is 0 Å². The summed E-state index contributed by atoms with van der Waals surface area (Å²) in [6.45, 7) is 7.66. The van der Waals surface area contributed by atoms with Crippen molar-refractivity contribution in [3.63, 3.8) is 0 Å². The van der Waals surface area contributed by atoms with Crippen LogP contribution in [0, 0.1) is 17.8 Å². The van der Waals surface area contributed by atoms with Gasteiger partial charge in [-0.2, -0.15) is 0 Å². The van der Waals surface area contributed by atoms with E-state index in [1.54, 1.807) is 0 Å². The zero-order valence-electron chi connectivity index (χ0n) is 12.6. The highest BCUT2D eigenvalue weighted by Gasteiger charge is 2.23. The lowest BCUT2D eigenvalue weighted by Crippen LogP contribution is -2.40. The summed E-state index contributed by atoms with van der Waals surface area (Å²) in [6, 6.07) is 8.11. The van der Waals surface area contributed by atoms with Crippen LogP contribution in [0.15, 0.2) is 24.3 Å². The van der Waals surface area contributed by atoms with E-state index < -0.39 is 0 Å². The number of aliphatic hydroxyl groups is 1. The molecule has 1 atom stereocenters. The molecule has 0 aliphatic heterocycles. The van der Waals surface area contributed by atoms with Crippen LogP contribution in [0.5, 0.6) is 5.75 Å². The molecular weight excluding hydrogens is 250 g/mol. The van der Waals surface area contributed by atoms with Gasteiger partial charge in [-0.3, -0.25) is 0 Å². The minimum absolute atomic E-state index is 0.0946. The van der Waals surface area contributed by atoms with Crippen molar-refractivity contribution >= 4 is 0 Å². The first kappa shape index (κ1) is 16.6. The first-order valence-electron chi connectivity index (χ1n) is 6.97. The van der Waals surface area contributed by atoms with Gasteiger partial charge >= 0.3 is 0 Å². The number of hydrogen-bond donors (Lipinski definition) is 2. The molecule has 0 aromatic heterocycles. The lowest BCUT2D eigenvalue weighted by atomic mass is 9.85. The lowest BCUT2D eigenvalue weighted by molar-refractivity contribution is 0.196. The molecule has 0 saturated carbocycles. The number of ether oxygens (including phenoxy) is 1. The fourth-order valence-electron chi connectivity index (χ4n) is 2.11. The molecule has 3 heteroatoms. The smallest absolute Gasteiger partial charge is 0.148 e. The zero-order valence-corrected chi connectivity index (χ0v) is 12.6. The molecule has 20 heavy (non-hydrogen) atoms. The SMILES string of the molecule is C#CCOc1ccccc1CNC(CCO)C(C)(C)C. The summed E-state index contributed by atoms with van der Waals surface area (Å²) in [6.07, 6.45) is 5.96. The fraction of sp³-hybridized carbons (Fsp3) is 0.529. The highest BCUT2D eigenvalue weighted by atomic mass is 16.5. The average Bonchev–Trinajstić information content (AvgIpc) is 2.40. The Bertz CT molecular complexity index is 443. The van der Waals surface area contributed by atoms with Gasteiger partial charge in [0.05, 0.1) is 0 Å². The maximum atomic E-state index is 9.18. The molecule has 0 spiro atoms. The number of hydrogen-bond acceptors (Lipinski definition) is 3. The zero-order chi connectivity index (χ0) is 15.0. The Hall–Kier alpha value is -1.50. The van der Waals surface area contributed by atoms with Crippen molar-refractivity contribution in [2.75, 3.05) is 13.2 Å². The number of terminal acetylenes is 1. The summed E-state index contributed by atoms with van der Waals surface area (Å²) in [7, 11) is 0. The number of rotatable bonds is 7. The average molecular weight is 275 g/mol. The van der Waals surface area contributed by atoms with Gasteiger partial charge < -0.3 is 15.2 Å². The minimum atomic E-state index is 0.0946. The van der Waals surface area contributed by atoms with E-state index in [4.69, 9.17) is 11.2 Å². The summed E-state index contributed by atoms with van der Waals surface area (Å²) in [5.41, 5.74) is 1.17. The molecule has 1 aromatic carbocycles. The highest BCUT2D eigenvalue weighted by molar-refractivity contribution is 5.33. The first-order valence-corrected chi connectivity index (χ1v) is 6.97. The standard InChI is InChI=1S/C17H25NO2/c1-5-12-20-15-9-7-6-8-14(15)13-18-16(10-11-19)17(2,3)4/h1,6-9,16,18-19H,10-13H2,2-4H3. The Morgan fingerprint density at radius 1 is 1.35 bits per heavy atom. The summed E-state index contributed by atoms with van der Waals surface area (Å²) in [5, 5.41) is 12.7. The molecule has 0 saturated heterocycles. The third kappa shape index (κ3) is 5.24. The van der Waals surface area contributed by atoms with Crippen molar-refractivity contribution in [3.8, 4) is 18.1 Å². The molecule has 2 N–H and O–H groups in total. The Balaban J connectivity index is 2.70. The van der Waals surface area contributed by atoms with Gasteiger partial charge in [-0.1, -0.05) is 44.9 Å². The van der Waals surface area contributed by atoms with Crippen molar-refractivity contribution in [1.29, 1.82) is 0 Å². The second-order valence-electron chi connectivity index (χ2n) is 5.91. The van der Waals surface area contributed by atoms with E-state index in [9.17, 15) is 5.11 Å². The van der Waals surface area contributed by atoms with Crippen molar-refractivity contribution in [3.05, 3.63) is 29.8 Å². The van der Waals surface area contributed by atoms with E-state index in [1.165, 1.54) is 0 Å². The largest absolute Gasteiger partial charge is 0.481 e. The molecule has 0 aliphatic carbocycles. The third-order valence-corrected chi connectivity index (χ3v) is 3.29.